The first-order chi connectivity index (χ1) is 9.74. The van der Waals surface area contributed by atoms with Crippen molar-refractivity contribution in [2.45, 2.75) is 64.5 Å². The lowest BCUT2D eigenvalue weighted by molar-refractivity contribution is 0.00867. The highest BCUT2D eigenvalue weighted by molar-refractivity contribution is 7.09. The quantitative estimate of drug-likeness (QED) is 0.835. The maximum Gasteiger partial charge on any atom is 0.0944 e. The van der Waals surface area contributed by atoms with Crippen molar-refractivity contribution < 1.29 is 4.74 Å². The van der Waals surface area contributed by atoms with Crippen LogP contribution in [0.5, 0.6) is 0 Å². The Morgan fingerprint density at radius 1 is 1.40 bits per heavy atom. The first-order valence-corrected chi connectivity index (χ1v) is 8.79. The van der Waals surface area contributed by atoms with E-state index in [9.17, 15) is 0 Å². The van der Waals surface area contributed by atoms with E-state index in [-0.39, 0.29) is 0 Å². The fourth-order valence-corrected chi connectivity index (χ4v) is 4.23. The van der Waals surface area contributed by atoms with Gasteiger partial charge in [0.2, 0.25) is 0 Å². The number of ether oxygens (including phenoxy) is 1. The van der Waals surface area contributed by atoms with Crippen molar-refractivity contribution >= 4 is 11.3 Å². The number of aryl methyl sites for hydroxylation is 1. The molecular weight excluding hydrogens is 268 g/mol. The van der Waals surface area contributed by atoms with Crippen LogP contribution in [-0.2, 0) is 11.2 Å². The van der Waals surface area contributed by atoms with Crippen LogP contribution in [0.3, 0.4) is 0 Å². The normalized spacial score (nSPS) is 19.9. The summed E-state index contributed by atoms with van der Waals surface area (Å²) in [5, 5.41) is 7.00. The molecule has 2 unspecified atom stereocenters. The van der Waals surface area contributed by atoms with E-state index in [1.807, 2.05) is 7.11 Å². The van der Waals surface area contributed by atoms with E-state index >= 15 is 0 Å². The first kappa shape index (κ1) is 15.9. The number of aromatic nitrogens is 1. The Hall–Kier alpha value is -0.450. The molecule has 1 fully saturated rings. The lowest BCUT2D eigenvalue weighted by Crippen LogP contribution is -2.46. The van der Waals surface area contributed by atoms with Crippen molar-refractivity contribution in [2.75, 3.05) is 13.7 Å². The van der Waals surface area contributed by atoms with Crippen LogP contribution in [0.2, 0.25) is 0 Å². The topological polar surface area (TPSA) is 34.2 Å². The number of hydrogen-bond donors (Lipinski definition) is 1. The van der Waals surface area contributed by atoms with Crippen molar-refractivity contribution in [3.05, 3.63) is 16.1 Å². The molecule has 20 heavy (non-hydrogen) atoms. The van der Waals surface area contributed by atoms with Gasteiger partial charge >= 0.3 is 0 Å². The number of hydrogen-bond acceptors (Lipinski definition) is 4. The van der Waals surface area contributed by atoms with E-state index in [1.165, 1.54) is 37.1 Å². The summed E-state index contributed by atoms with van der Waals surface area (Å²) in [6.07, 6.45) is 8.05. The number of nitrogens with one attached hydrogen (secondary N) is 1. The summed E-state index contributed by atoms with van der Waals surface area (Å²) in [4.78, 5) is 4.62. The lowest BCUT2D eigenvalue weighted by Gasteiger charge is -2.35. The van der Waals surface area contributed by atoms with Crippen LogP contribution < -0.4 is 5.32 Å². The minimum Gasteiger partial charge on any atom is -0.380 e. The molecule has 1 aromatic heterocycles. The molecule has 0 radical (unpaired) electrons. The fraction of sp³-hybridized carbons (Fsp3) is 0.812. The molecule has 4 heteroatoms. The third kappa shape index (κ3) is 4.27. The van der Waals surface area contributed by atoms with E-state index in [2.05, 4.69) is 29.5 Å². The van der Waals surface area contributed by atoms with Crippen LogP contribution in [0.1, 0.15) is 49.7 Å². The van der Waals surface area contributed by atoms with Crippen molar-refractivity contribution in [3.63, 3.8) is 0 Å². The highest BCUT2D eigenvalue weighted by Crippen LogP contribution is 2.30. The minimum atomic E-state index is 0.319. The van der Waals surface area contributed by atoms with E-state index in [0.29, 0.717) is 18.1 Å². The third-order valence-electron chi connectivity index (χ3n) is 4.31. The zero-order valence-electron chi connectivity index (χ0n) is 13.0. The van der Waals surface area contributed by atoms with Gasteiger partial charge in [0.25, 0.3) is 0 Å². The predicted molar refractivity (Wildman–Crippen MR) is 85.4 cm³/mol. The van der Waals surface area contributed by atoms with Crippen molar-refractivity contribution in [1.82, 2.24) is 10.3 Å². The summed E-state index contributed by atoms with van der Waals surface area (Å²) in [5.74, 6) is 0.707. The molecule has 2 rings (SSSR count). The Labute approximate surface area is 127 Å². The molecule has 1 N–H and O–H groups in total. The van der Waals surface area contributed by atoms with Gasteiger partial charge in [0, 0.05) is 30.6 Å². The van der Waals surface area contributed by atoms with Crippen LogP contribution in [0.4, 0.5) is 0 Å². The van der Waals surface area contributed by atoms with Gasteiger partial charge in [-0.05, 0) is 32.2 Å². The molecular formula is C16H28N2OS. The van der Waals surface area contributed by atoms with Gasteiger partial charge in [-0.3, -0.25) is 0 Å². The highest BCUT2D eigenvalue weighted by Gasteiger charge is 2.30. The molecule has 0 saturated heterocycles. The predicted octanol–water partition coefficient (Wildman–Crippen LogP) is 3.57. The van der Waals surface area contributed by atoms with Crippen molar-refractivity contribution in [3.8, 4) is 0 Å². The number of thiazole rings is 1. The van der Waals surface area contributed by atoms with Crippen LogP contribution in [-0.4, -0.2) is 30.8 Å². The van der Waals surface area contributed by atoms with Gasteiger partial charge in [-0.2, -0.15) is 0 Å². The van der Waals surface area contributed by atoms with E-state index in [4.69, 9.17) is 4.74 Å². The first-order valence-electron chi connectivity index (χ1n) is 7.91. The second-order valence-corrected chi connectivity index (χ2v) is 6.79. The van der Waals surface area contributed by atoms with Gasteiger partial charge in [0.15, 0.2) is 0 Å². The van der Waals surface area contributed by atoms with Gasteiger partial charge in [-0.25, -0.2) is 4.98 Å². The van der Waals surface area contributed by atoms with Crippen LogP contribution in [0.25, 0.3) is 0 Å². The molecule has 2 atom stereocenters. The van der Waals surface area contributed by atoms with E-state index in [0.717, 1.165) is 18.7 Å². The summed E-state index contributed by atoms with van der Waals surface area (Å²) in [6, 6.07) is 0.388. The number of methoxy groups -OCH3 is 1. The molecule has 0 bridgehead atoms. The monoisotopic (exact) mass is 296 g/mol. The molecule has 1 heterocycles. The largest absolute Gasteiger partial charge is 0.380 e. The molecule has 0 aliphatic heterocycles. The van der Waals surface area contributed by atoms with E-state index < -0.39 is 0 Å². The summed E-state index contributed by atoms with van der Waals surface area (Å²) in [6.45, 7) is 5.23. The van der Waals surface area contributed by atoms with Crippen molar-refractivity contribution in [1.29, 1.82) is 0 Å². The molecule has 114 valence electrons. The summed E-state index contributed by atoms with van der Waals surface area (Å²) >= 11 is 1.77. The van der Waals surface area contributed by atoms with Gasteiger partial charge in [-0.1, -0.05) is 26.2 Å². The zero-order chi connectivity index (χ0) is 14.4. The summed E-state index contributed by atoms with van der Waals surface area (Å²) in [7, 11) is 1.87. The molecule has 1 saturated carbocycles. The Bertz CT molecular complexity index is 388. The standard InChI is InChI=1S/C16H28N2OS/c1-4-17-14(10-15-18-12(2)11-20-15)16(19-3)13-8-6-5-7-9-13/h11,13-14,16-17H,4-10H2,1-3H3. The van der Waals surface area contributed by atoms with E-state index in [1.54, 1.807) is 11.3 Å². The Morgan fingerprint density at radius 3 is 2.70 bits per heavy atom. The summed E-state index contributed by atoms with van der Waals surface area (Å²) in [5.41, 5.74) is 1.13. The average molecular weight is 296 g/mol. The second-order valence-electron chi connectivity index (χ2n) is 5.85. The van der Waals surface area contributed by atoms with Gasteiger partial charge < -0.3 is 10.1 Å². The number of rotatable bonds is 7. The minimum absolute atomic E-state index is 0.319. The van der Waals surface area contributed by atoms with Crippen molar-refractivity contribution in [2.24, 2.45) is 5.92 Å². The molecule has 0 amide bonds. The fourth-order valence-electron chi connectivity index (χ4n) is 3.40. The van der Waals surface area contributed by atoms with Crippen LogP contribution >= 0.6 is 11.3 Å². The smallest absolute Gasteiger partial charge is 0.0944 e. The third-order valence-corrected chi connectivity index (χ3v) is 5.30. The number of likely N-dealkylation sites (N-methyl/N-ethyl adjacent to an activating group) is 1. The van der Waals surface area contributed by atoms with Crippen LogP contribution in [0.15, 0.2) is 5.38 Å². The maximum absolute atomic E-state index is 5.90. The highest BCUT2D eigenvalue weighted by atomic mass is 32.1. The molecule has 1 aromatic rings. The van der Waals surface area contributed by atoms with Crippen LogP contribution in [0, 0.1) is 12.8 Å². The summed E-state index contributed by atoms with van der Waals surface area (Å²) < 4.78 is 5.90. The zero-order valence-corrected chi connectivity index (χ0v) is 13.8. The lowest BCUT2D eigenvalue weighted by atomic mass is 9.82. The molecule has 1 aliphatic rings. The Morgan fingerprint density at radius 2 is 2.15 bits per heavy atom. The Kier molecular flexibility index (Phi) is 6.46. The van der Waals surface area contributed by atoms with Gasteiger partial charge in [0.05, 0.1) is 11.1 Å². The maximum atomic E-state index is 5.90. The SMILES string of the molecule is CCNC(Cc1nc(C)cs1)C(OC)C1CCCCC1. The molecule has 0 aromatic carbocycles. The van der Waals surface area contributed by atoms with Gasteiger partial charge in [-0.15, -0.1) is 11.3 Å². The second kappa shape index (κ2) is 8.11. The Balaban J connectivity index is 2.03. The number of nitrogens with zero attached hydrogens (tertiary/aromatic N) is 1. The molecule has 1 aliphatic carbocycles. The average Bonchev–Trinajstić information content (AvgIpc) is 2.86. The molecule has 0 spiro atoms. The molecule has 3 nitrogen and oxygen atoms in total. The van der Waals surface area contributed by atoms with Gasteiger partial charge in [0.1, 0.15) is 0 Å².